The van der Waals surface area contributed by atoms with E-state index in [1.165, 1.54) is 39.0 Å². The third-order valence-corrected chi connectivity index (χ3v) is 4.92. The largest absolute Gasteiger partial charge is 0.0683 e. The van der Waals surface area contributed by atoms with Crippen molar-refractivity contribution in [1.82, 2.24) is 0 Å². The van der Waals surface area contributed by atoms with Gasteiger partial charge in [-0.15, -0.1) is 0 Å². The summed E-state index contributed by atoms with van der Waals surface area (Å²) in [6, 6.07) is 13.8. The minimum atomic E-state index is 0.207. The van der Waals surface area contributed by atoms with Crippen molar-refractivity contribution in [1.29, 1.82) is 0 Å². The average molecular weight is 304 g/mol. The smallest absolute Gasteiger partial charge is 0.00575 e. The van der Waals surface area contributed by atoms with Crippen molar-refractivity contribution in [3.05, 3.63) is 64.2 Å². The van der Waals surface area contributed by atoms with Gasteiger partial charge in [0.2, 0.25) is 0 Å². The van der Waals surface area contributed by atoms with Crippen LogP contribution in [0.25, 0.3) is 17.2 Å². The zero-order chi connectivity index (χ0) is 16.8. The molecule has 2 aromatic carbocycles. The van der Waals surface area contributed by atoms with Crippen LogP contribution >= 0.6 is 0 Å². The molecule has 0 nitrogen and oxygen atoms in total. The molecular weight excluding hydrogens is 276 g/mol. The fourth-order valence-electron chi connectivity index (χ4n) is 3.56. The lowest BCUT2D eigenvalue weighted by Crippen LogP contribution is -2.10. The van der Waals surface area contributed by atoms with Crippen molar-refractivity contribution in [2.24, 2.45) is 0 Å². The van der Waals surface area contributed by atoms with Gasteiger partial charge in [0.15, 0.2) is 0 Å². The maximum atomic E-state index is 2.38. The molecule has 0 heteroatoms. The Labute approximate surface area is 141 Å². The molecule has 120 valence electrons. The van der Waals surface area contributed by atoms with Crippen molar-refractivity contribution in [3.8, 4) is 11.1 Å². The molecule has 0 aliphatic heterocycles. The van der Waals surface area contributed by atoms with Gasteiger partial charge in [0.1, 0.15) is 0 Å². The number of hydrogen-bond donors (Lipinski definition) is 0. The first-order valence-electron chi connectivity index (χ1n) is 8.71. The summed E-state index contributed by atoms with van der Waals surface area (Å²) in [5.41, 5.74) is 10.3. The molecule has 0 N–H and O–H groups in total. The molecule has 0 radical (unpaired) electrons. The lowest BCUT2D eigenvalue weighted by Gasteiger charge is -2.20. The van der Waals surface area contributed by atoms with Gasteiger partial charge in [-0.05, 0) is 58.1 Å². The molecule has 0 fully saturated rings. The fraction of sp³-hybridized carbons (Fsp3) is 0.391. The van der Waals surface area contributed by atoms with Crippen LogP contribution < -0.4 is 0 Å². The van der Waals surface area contributed by atoms with Crippen LogP contribution in [0.4, 0.5) is 0 Å². The van der Waals surface area contributed by atoms with E-state index in [1.807, 2.05) is 0 Å². The molecule has 0 spiro atoms. The van der Waals surface area contributed by atoms with Crippen LogP contribution in [0.5, 0.6) is 0 Å². The van der Waals surface area contributed by atoms with Gasteiger partial charge in [-0.2, -0.15) is 0 Å². The minimum Gasteiger partial charge on any atom is -0.0683 e. The van der Waals surface area contributed by atoms with E-state index in [2.05, 4.69) is 84.0 Å². The highest BCUT2D eigenvalue weighted by atomic mass is 14.2. The Bertz CT molecular complexity index is 750. The standard InChI is InChI=1S/C23H28/c1-15(2)19-11-12-20(22-14-16(3)13-21(19)22)17-7-9-18(10-8-17)23(4,5)6/h7-12,14-15H,13H2,1-6H3. The van der Waals surface area contributed by atoms with Crippen molar-refractivity contribution in [2.45, 2.75) is 59.3 Å². The van der Waals surface area contributed by atoms with Gasteiger partial charge >= 0.3 is 0 Å². The normalized spacial score (nSPS) is 14.1. The molecule has 0 atom stereocenters. The number of rotatable bonds is 2. The summed E-state index contributed by atoms with van der Waals surface area (Å²) in [4.78, 5) is 0. The third-order valence-electron chi connectivity index (χ3n) is 4.92. The maximum absolute atomic E-state index is 2.38. The molecule has 3 rings (SSSR count). The monoisotopic (exact) mass is 304 g/mol. The van der Waals surface area contributed by atoms with Gasteiger partial charge in [-0.3, -0.25) is 0 Å². The van der Waals surface area contributed by atoms with E-state index in [0.717, 1.165) is 6.42 Å². The summed E-state index contributed by atoms with van der Waals surface area (Å²) in [6.45, 7) is 13.6. The molecule has 0 unspecified atom stereocenters. The van der Waals surface area contributed by atoms with Crippen LogP contribution in [0.2, 0.25) is 0 Å². The zero-order valence-electron chi connectivity index (χ0n) is 15.3. The Morgan fingerprint density at radius 2 is 1.57 bits per heavy atom. The molecule has 0 amide bonds. The van der Waals surface area contributed by atoms with Gasteiger partial charge in [-0.25, -0.2) is 0 Å². The molecule has 2 aromatic rings. The molecule has 0 saturated carbocycles. The van der Waals surface area contributed by atoms with Crippen LogP contribution in [0, 0.1) is 0 Å². The molecular formula is C23H28. The van der Waals surface area contributed by atoms with E-state index in [-0.39, 0.29) is 5.41 Å². The van der Waals surface area contributed by atoms with Crippen LogP contribution in [-0.4, -0.2) is 0 Å². The molecule has 0 aromatic heterocycles. The van der Waals surface area contributed by atoms with Gasteiger partial charge in [-0.1, -0.05) is 82.7 Å². The highest BCUT2D eigenvalue weighted by molar-refractivity contribution is 5.81. The van der Waals surface area contributed by atoms with Gasteiger partial charge in [0.25, 0.3) is 0 Å². The Kier molecular flexibility index (Phi) is 3.96. The zero-order valence-corrected chi connectivity index (χ0v) is 15.3. The lowest BCUT2D eigenvalue weighted by molar-refractivity contribution is 0.590. The summed E-state index contributed by atoms with van der Waals surface area (Å²) >= 11 is 0. The van der Waals surface area contributed by atoms with Crippen molar-refractivity contribution < 1.29 is 0 Å². The van der Waals surface area contributed by atoms with Crippen molar-refractivity contribution in [3.63, 3.8) is 0 Å². The van der Waals surface area contributed by atoms with Gasteiger partial charge < -0.3 is 0 Å². The van der Waals surface area contributed by atoms with Crippen molar-refractivity contribution in [2.75, 3.05) is 0 Å². The average Bonchev–Trinajstić information content (AvgIpc) is 2.86. The van der Waals surface area contributed by atoms with Crippen LogP contribution in [0.15, 0.2) is 42.0 Å². The second-order valence-electron chi connectivity index (χ2n) is 8.24. The molecule has 1 aliphatic rings. The van der Waals surface area contributed by atoms with Crippen LogP contribution in [0.3, 0.4) is 0 Å². The Morgan fingerprint density at radius 1 is 0.913 bits per heavy atom. The van der Waals surface area contributed by atoms with E-state index in [0.29, 0.717) is 5.92 Å². The summed E-state index contributed by atoms with van der Waals surface area (Å²) in [6.07, 6.45) is 3.49. The molecule has 0 heterocycles. The Morgan fingerprint density at radius 3 is 2.13 bits per heavy atom. The second kappa shape index (κ2) is 5.67. The Hall–Kier alpha value is -1.82. The first-order valence-corrected chi connectivity index (χ1v) is 8.71. The van der Waals surface area contributed by atoms with E-state index >= 15 is 0 Å². The first-order chi connectivity index (χ1) is 10.8. The quantitative estimate of drug-likeness (QED) is 0.576. The van der Waals surface area contributed by atoms with E-state index in [9.17, 15) is 0 Å². The SMILES string of the molecule is CC1=Cc2c(-c3ccc(C(C)(C)C)cc3)ccc(C(C)C)c2C1. The van der Waals surface area contributed by atoms with E-state index in [1.54, 1.807) is 0 Å². The topological polar surface area (TPSA) is 0 Å². The van der Waals surface area contributed by atoms with Crippen molar-refractivity contribution >= 4 is 6.08 Å². The summed E-state index contributed by atoms with van der Waals surface area (Å²) in [7, 11) is 0. The van der Waals surface area contributed by atoms with Gasteiger partial charge in [0, 0.05) is 0 Å². The fourth-order valence-corrected chi connectivity index (χ4v) is 3.56. The first kappa shape index (κ1) is 16.1. The van der Waals surface area contributed by atoms with E-state index < -0.39 is 0 Å². The second-order valence-corrected chi connectivity index (χ2v) is 8.24. The summed E-state index contributed by atoms with van der Waals surface area (Å²) < 4.78 is 0. The highest BCUT2D eigenvalue weighted by Crippen LogP contribution is 2.38. The third kappa shape index (κ3) is 3.00. The predicted molar refractivity (Wildman–Crippen MR) is 102 cm³/mol. The number of hydrogen-bond acceptors (Lipinski definition) is 0. The number of benzene rings is 2. The summed E-state index contributed by atoms with van der Waals surface area (Å²) in [5.74, 6) is 0.584. The predicted octanol–water partition coefficient (Wildman–Crippen LogP) is 6.73. The highest BCUT2D eigenvalue weighted by Gasteiger charge is 2.20. The van der Waals surface area contributed by atoms with E-state index in [4.69, 9.17) is 0 Å². The number of allylic oxidation sites excluding steroid dienone is 1. The minimum absolute atomic E-state index is 0.207. The molecule has 23 heavy (non-hydrogen) atoms. The van der Waals surface area contributed by atoms with Crippen LogP contribution in [-0.2, 0) is 11.8 Å². The number of fused-ring (bicyclic) bond motifs is 1. The molecule has 1 aliphatic carbocycles. The summed E-state index contributed by atoms with van der Waals surface area (Å²) in [5, 5.41) is 0. The van der Waals surface area contributed by atoms with Crippen LogP contribution in [0.1, 0.15) is 69.7 Å². The lowest BCUT2D eigenvalue weighted by atomic mass is 9.85. The molecule has 0 saturated heterocycles. The van der Waals surface area contributed by atoms with Gasteiger partial charge in [0.05, 0.1) is 0 Å². The maximum Gasteiger partial charge on any atom is -0.00575 e. The molecule has 0 bridgehead atoms. The Balaban J connectivity index is 2.09.